The first kappa shape index (κ1) is 20.9. The van der Waals surface area contributed by atoms with E-state index in [1.54, 1.807) is 23.8 Å². The van der Waals surface area contributed by atoms with E-state index in [1.165, 1.54) is 0 Å². The summed E-state index contributed by atoms with van der Waals surface area (Å²) in [5.74, 6) is -0.0747. The van der Waals surface area contributed by atoms with Crippen molar-refractivity contribution in [3.05, 3.63) is 47.5 Å². The van der Waals surface area contributed by atoms with Crippen LogP contribution in [0.1, 0.15) is 30.9 Å². The topological polar surface area (TPSA) is 79.0 Å². The third-order valence-electron chi connectivity index (χ3n) is 5.97. The van der Waals surface area contributed by atoms with Crippen molar-refractivity contribution in [2.24, 2.45) is 5.92 Å². The summed E-state index contributed by atoms with van der Waals surface area (Å²) in [6.07, 6.45) is 1.92. The average molecular weight is 421 g/mol. The summed E-state index contributed by atoms with van der Waals surface area (Å²) in [7, 11) is 1.57. The molecule has 1 atom stereocenters. The Morgan fingerprint density at radius 3 is 2.68 bits per heavy atom. The van der Waals surface area contributed by atoms with Crippen molar-refractivity contribution in [3.63, 3.8) is 0 Å². The highest BCUT2D eigenvalue weighted by Gasteiger charge is 2.36. The zero-order valence-electron chi connectivity index (χ0n) is 18.1. The second kappa shape index (κ2) is 8.41. The number of nitrogens with zero attached hydrogens (tertiary/aromatic N) is 2. The Morgan fingerprint density at radius 2 is 1.94 bits per heavy atom. The highest BCUT2D eigenvalue weighted by atomic mass is 16.5. The van der Waals surface area contributed by atoms with Gasteiger partial charge >= 0.3 is 0 Å². The number of methoxy groups -OCH3 is 1. The molecule has 7 heteroatoms. The number of nitrogens with one attached hydrogen (secondary N) is 1. The lowest BCUT2D eigenvalue weighted by Gasteiger charge is -2.29. The van der Waals surface area contributed by atoms with Crippen LogP contribution in [-0.2, 0) is 20.8 Å². The number of aryl methyl sites for hydroxylation is 2. The zero-order valence-corrected chi connectivity index (χ0v) is 18.1. The van der Waals surface area contributed by atoms with E-state index in [0.29, 0.717) is 23.7 Å². The molecule has 0 bridgehead atoms. The molecule has 2 aliphatic heterocycles. The first-order valence-corrected chi connectivity index (χ1v) is 10.5. The number of hydrogen-bond acceptors (Lipinski definition) is 4. The van der Waals surface area contributed by atoms with Crippen LogP contribution in [0.4, 0.5) is 17.1 Å². The summed E-state index contributed by atoms with van der Waals surface area (Å²) in [6, 6.07) is 11.3. The van der Waals surface area contributed by atoms with Gasteiger partial charge in [-0.25, -0.2) is 0 Å². The molecule has 3 amide bonds. The molecule has 0 spiro atoms. The molecule has 0 aliphatic carbocycles. The van der Waals surface area contributed by atoms with Crippen LogP contribution in [0.25, 0.3) is 0 Å². The van der Waals surface area contributed by atoms with Crippen LogP contribution in [-0.4, -0.2) is 37.9 Å². The van der Waals surface area contributed by atoms with Gasteiger partial charge in [-0.1, -0.05) is 6.07 Å². The van der Waals surface area contributed by atoms with Gasteiger partial charge in [0.15, 0.2) is 0 Å². The molecule has 7 nitrogen and oxygen atoms in total. The number of hydrogen-bond donors (Lipinski definition) is 1. The fraction of sp³-hybridized carbons (Fsp3) is 0.375. The van der Waals surface area contributed by atoms with Crippen molar-refractivity contribution in [1.29, 1.82) is 0 Å². The van der Waals surface area contributed by atoms with E-state index in [1.807, 2.05) is 43.3 Å². The summed E-state index contributed by atoms with van der Waals surface area (Å²) in [5.41, 5.74) is 4.36. The van der Waals surface area contributed by atoms with Crippen molar-refractivity contribution in [3.8, 4) is 5.75 Å². The van der Waals surface area contributed by atoms with Crippen molar-refractivity contribution in [2.45, 2.75) is 33.1 Å². The molecular weight excluding hydrogens is 394 g/mol. The van der Waals surface area contributed by atoms with Gasteiger partial charge in [0.1, 0.15) is 5.75 Å². The Kier molecular flexibility index (Phi) is 5.67. The number of amides is 3. The van der Waals surface area contributed by atoms with Crippen molar-refractivity contribution < 1.29 is 19.1 Å². The lowest BCUT2D eigenvalue weighted by Crippen LogP contribution is -2.33. The molecule has 0 aromatic heterocycles. The molecule has 2 aromatic rings. The van der Waals surface area contributed by atoms with E-state index >= 15 is 0 Å². The third kappa shape index (κ3) is 4.13. The molecule has 1 saturated heterocycles. The lowest BCUT2D eigenvalue weighted by atomic mass is 10.0. The van der Waals surface area contributed by atoms with Gasteiger partial charge in [0.2, 0.25) is 17.7 Å². The maximum atomic E-state index is 12.9. The number of rotatable bonds is 4. The number of carbonyl (C=O) groups is 3. The Balaban J connectivity index is 1.48. The summed E-state index contributed by atoms with van der Waals surface area (Å²) in [6.45, 7) is 4.55. The minimum atomic E-state index is -0.442. The maximum absolute atomic E-state index is 12.9. The van der Waals surface area contributed by atoms with Crippen molar-refractivity contribution in [2.75, 3.05) is 35.3 Å². The maximum Gasteiger partial charge on any atom is 0.229 e. The Hall–Kier alpha value is -3.35. The second-order valence-corrected chi connectivity index (χ2v) is 8.19. The van der Waals surface area contributed by atoms with E-state index in [9.17, 15) is 14.4 Å². The quantitative estimate of drug-likeness (QED) is 0.822. The first-order valence-electron chi connectivity index (χ1n) is 10.5. The van der Waals surface area contributed by atoms with Crippen molar-refractivity contribution >= 4 is 34.8 Å². The summed E-state index contributed by atoms with van der Waals surface area (Å²) >= 11 is 0. The third-order valence-corrected chi connectivity index (χ3v) is 5.97. The predicted molar refractivity (Wildman–Crippen MR) is 120 cm³/mol. The molecule has 2 aliphatic rings. The van der Waals surface area contributed by atoms with Crippen LogP contribution >= 0.6 is 0 Å². The predicted octanol–water partition coefficient (Wildman–Crippen LogP) is 3.29. The SMILES string of the molecule is COc1ccc(C)cc1N1CC(C(=O)Nc2ccc3c(c2)CCCN3C(C)=O)CC1=O. The van der Waals surface area contributed by atoms with Crippen LogP contribution in [0.15, 0.2) is 36.4 Å². The van der Waals surface area contributed by atoms with Gasteiger partial charge in [-0.3, -0.25) is 14.4 Å². The van der Waals surface area contributed by atoms with Gasteiger partial charge in [0.25, 0.3) is 0 Å². The van der Waals surface area contributed by atoms with Gasteiger partial charge < -0.3 is 19.9 Å². The van der Waals surface area contributed by atoms with E-state index < -0.39 is 5.92 Å². The molecule has 1 fully saturated rings. The van der Waals surface area contributed by atoms with Crippen molar-refractivity contribution in [1.82, 2.24) is 0 Å². The minimum Gasteiger partial charge on any atom is -0.495 e. The first-order chi connectivity index (χ1) is 14.9. The molecule has 4 rings (SSSR count). The average Bonchev–Trinajstić information content (AvgIpc) is 3.14. The molecule has 0 saturated carbocycles. The van der Waals surface area contributed by atoms with E-state index in [-0.39, 0.29) is 24.1 Å². The van der Waals surface area contributed by atoms with Gasteiger partial charge in [-0.15, -0.1) is 0 Å². The molecule has 2 aromatic carbocycles. The second-order valence-electron chi connectivity index (χ2n) is 8.19. The molecule has 2 heterocycles. The molecule has 0 radical (unpaired) electrons. The molecule has 1 unspecified atom stereocenters. The number of fused-ring (bicyclic) bond motifs is 1. The number of anilines is 3. The van der Waals surface area contributed by atoms with Gasteiger partial charge in [-0.2, -0.15) is 0 Å². The van der Waals surface area contributed by atoms with Crippen LogP contribution in [0.2, 0.25) is 0 Å². The van der Waals surface area contributed by atoms with Crippen LogP contribution < -0.4 is 19.9 Å². The summed E-state index contributed by atoms with van der Waals surface area (Å²) in [4.78, 5) is 40.8. The normalized spacial score (nSPS) is 18.0. The van der Waals surface area contributed by atoms with Gasteiger partial charge in [-0.05, 0) is 61.2 Å². The lowest BCUT2D eigenvalue weighted by molar-refractivity contribution is -0.122. The summed E-state index contributed by atoms with van der Waals surface area (Å²) < 4.78 is 5.41. The molecular formula is C24H27N3O4. The van der Waals surface area contributed by atoms with Gasteiger partial charge in [0, 0.05) is 37.8 Å². The van der Waals surface area contributed by atoms with E-state index in [4.69, 9.17) is 4.74 Å². The summed E-state index contributed by atoms with van der Waals surface area (Å²) in [5, 5.41) is 2.96. The monoisotopic (exact) mass is 421 g/mol. The molecule has 31 heavy (non-hydrogen) atoms. The largest absolute Gasteiger partial charge is 0.495 e. The Morgan fingerprint density at radius 1 is 1.13 bits per heavy atom. The van der Waals surface area contributed by atoms with Crippen LogP contribution in [0.5, 0.6) is 5.75 Å². The number of benzene rings is 2. The fourth-order valence-electron chi connectivity index (χ4n) is 4.37. The smallest absolute Gasteiger partial charge is 0.229 e. The van der Waals surface area contributed by atoms with Gasteiger partial charge in [0.05, 0.1) is 18.7 Å². The van der Waals surface area contributed by atoms with Crippen LogP contribution in [0, 0.1) is 12.8 Å². The number of ether oxygens (including phenoxy) is 1. The highest BCUT2D eigenvalue weighted by molar-refractivity contribution is 6.04. The standard InChI is InChI=1S/C24H27N3O4/c1-15-6-9-22(31-3)21(11-15)27-14-18(13-23(27)29)24(30)25-19-7-8-20-17(12-19)5-4-10-26(20)16(2)28/h6-9,11-12,18H,4-5,10,13-14H2,1-3H3,(H,25,30). The van der Waals surface area contributed by atoms with Crippen LogP contribution in [0.3, 0.4) is 0 Å². The van der Waals surface area contributed by atoms with E-state index in [2.05, 4.69) is 5.32 Å². The minimum absolute atomic E-state index is 0.0221. The zero-order chi connectivity index (χ0) is 22.1. The Bertz CT molecular complexity index is 1050. The Labute approximate surface area is 182 Å². The highest BCUT2D eigenvalue weighted by Crippen LogP contribution is 2.35. The molecule has 162 valence electrons. The van der Waals surface area contributed by atoms with E-state index in [0.717, 1.165) is 36.2 Å². The number of carbonyl (C=O) groups excluding carboxylic acids is 3. The molecule has 1 N–H and O–H groups in total. The fourth-order valence-corrected chi connectivity index (χ4v) is 4.37.